The highest BCUT2D eigenvalue weighted by molar-refractivity contribution is 6.71. The van der Waals surface area contributed by atoms with Crippen molar-refractivity contribution in [2.75, 3.05) is 0 Å². The summed E-state index contributed by atoms with van der Waals surface area (Å²) < 4.78 is 80.2. The average molecular weight is 266 g/mol. The van der Waals surface area contributed by atoms with Crippen LogP contribution in [0.4, 0.5) is 26.3 Å². The van der Waals surface area contributed by atoms with Crippen LogP contribution in [-0.2, 0) is 4.43 Å². The zero-order chi connectivity index (χ0) is 12.8. The molecule has 1 fully saturated rings. The minimum atomic E-state index is -5.41. The maximum absolute atomic E-state index is 12.6. The van der Waals surface area contributed by atoms with Crippen LogP contribution in [0, 0.1) is 0 Å². The molecule has 0 N–H and O–H groups in total. The van der Waals surface area contributed by atoms with Crippen LogP contribution in [0.3, 0.4) is 0 Å². The minimum absolute atomic E-state index is 0.0990. The van der Waals surface area contributed by atoms with Crippen molar-refractivity contribution >= 4 is 8.32 Å². The summed E-state index contributed by atoms with van der Waals surface area (Å²) in [5, 5.41) is 0. The van der Waals surface area contributed by atoms with Gasteiger partial charge in [0.15, 0.2) is 8.32 Å². The van der Waals surface area contributed by atoms with Gasteiger partial charge in [-0.3, -0.25) is 0 Å². The summed E-state index contributed by atoms with van der Waals surface area (Å²) >= 11 is 0. The third-order valence-corrected chi connectivity index (χ3v) is 5.13. The summed E-state index contributed by atoms with van der Waals surface area (Å²) in [6, 6.07) is 0.320. The lowest BCUT2D eigenvalue weighted by Gasteiger charge is -2.45. The molecule has 0 aromatic heterocycles. The minimum Gasteiger partial charge on any atom is -0.397 e. The Hall–Kier alpha value is -0.243. The van der Waals surface area contributed by atoms with Gasteiger partial charge in [-0.1, -0.05) is 6.42 Å². The Labute approximate surface area is 89.9 Å². The third kappa shape index (κ3) is 2.22. The predicted molar refractivity (Wildman–Crippen MR) is 47.4 cm³/mol. The van der Waals surface area contributed by atoms with Gasteiger partial charge in [-0.2, -0.15) is 26.3 Å². The molecule has 0 atom stereocenters. The van der Waals surface area contributed by atoms with Gasteiger partial charge in [0.1, 0.15) is 0 Å². The Bertz CT molecular complexity index is 255. The van der Waals surface area contributed by atoms with Gasteiger partial charge in [-0.05, 0) is 25.6 Å². The molecule has 0 bridgehead atoms. The molecule has 1 saturated heterocycles. The van der Waals surface area contributed by atoms with Gasteiger partial charge in [-0.25, -0.2) is 0 Å². The first-order valence-corrected chi connectivity index (χ1v) is 7.86. The number of hydrogen-bond donors (Lipinski definition) is 0. The van der Waals surface area contributed by atoms with E-state index in [9.17, 15) is 26.3 Å². The van der Waals surface area contributed by atoms with Crippen LogP contribution in [-0.4, -0.2) is 26.3 Å². The van der Waals surface area contributed by atoms with Gasteiger partial charge in [0.25, 0.3) is 0 Å². The Balaban J connectivity index is 3.16. The van der Waals surface area contributed by atoms with Crippen molar-refractivity contribution in [3.8, 4) is 0 Å². The first-order chi connectivity index (χ1) is 6.91. The van der Waals surface area contributed by atoms with Gasteiger partial charge in [0.05, 0.1) is 0 Å². The quantitative estimate of drug-likeness (QED) is 0.478. The van der Waals surface area contributed by atoms with Gasteiger partial charge in [-0.15, -0.1) is 0 Å². The van der Waals surface area contributed by atoms with Crippen molar-refractivity contribution in [2.45, 2.75) is 49.9 Å². The van der Waals surface area contributed by atoms with E-state index in [2.05, 4.69) is 4.43 Å². The Morgan fingerprint density at radius 1 is 1.00 bits per heavy atom. The second-order valence-electron chi connectivity index (χ2n) is 4.54. The normalized spacial score (nSPS) is 25.5. The highest BCUT2D eigenvalue weighted by Crippen LogP contribution is 2.52. The number of halogens is 6. The first-order valence-electron chi connectivity index (χ1n) is 4.75. The molecular weight excluding hydrogens is 254 g/mol. The second-order valence-corrected chi connectivity index (χ2v) is 8.76. The fraction of sp³-hybridized carbons (Fsp3) is 1.00. The van der Waals surface area contributed by atoms with E-state index < -0.39 is 32.7 Å². The number of alkyl halides is 6. The zero-order valence-electron chi connectivity index (χ0n) is 8.80. The standard InChI is InChI=1S/C8H12F6OSi/c1-16(2)5-3-4-6(15-16,7(9,10)11)8(12,13)14/h3-5H2,1-2H3. The van der Waals surface area contributed by atoms with Crippen LogP contribution in [0.2, 0.25) is 19.1 Å². The molecule has 0 amide bonds. The maximum atomic E-state index is 12.6. The highest BCUT2D eigenvalue weighted by atomic mass is 28.4. The molecule has 1 aliphatic rings. The molecule has 0 spiro atoms. The molecule has 0 aromatic carbocycles. The second kappa shape index (κ2) is 3.62. The monoisotopic (exact) mass is 266 g/mol. The van der Waals surface area contributed by atoms with Crippen LogP contribution >= 0.6 is 0 Å². The number of hydrogen-bond acceptors (Lipinski definition) is 1. The lowest BCUT2D eigenvalue weighted by atomic mass is 9.96. The maximum Gasteiger partial charge on any atom is 0.425 e. The molecule has 8 heteroatoms. The SMILES string of the molecule is C[Si]1(C)CCCC(C(F)(F)F)(C(F)(F)F)O1. The Morgan fingerprint density at radius 3 is 1.69 bits per heavy atom. The van der Waals surface area contributed by atoms with Crippen LogP contribution in [0.5, 0.6) is 0 Å². The van der Waals surface area contributed by atoms with Crippen LogP contribution in [0.15, 0.2) is 0 Å². The lowest BCUT2D eigenvalue weighted by molar-refractivity contribution is -0.365. The first kappa shape index (κ1) is 13.8. The smallest absolute Gasteiger partial charge is 0.397 e. The van der Waals surface area contributed by atoms with E-state index in [-0.39, 0.29) is 6.42 Å². The summed E-state index contributed by atoms with van der Waals surface area (Å²) in [5.41, 5.74) is -3.95. The van der Waals surface area contributed by atoms with E-state index in [1.54, 1.807) is 0 Å². The van der Waals surface area contributed by atoms with E-state index in [1.807, 2.05) is 0 Å². The topological polar surface area (TPSA) is 9.23 Å². The van der Waals surface area contributed by atoms with E-state index >= 15 is 0 Å². The van der Waals surface area contributed by atoms with E-state index in [0.717, 1.165) is 0 Å². The van der Waals surface area contributed by atoms with Crippen molar-refractivity contribution in [1.82, 2.24) is 0 Å². The molecular formula is C8H12F6OSi. The summed E-state index contributed by atoms with van der Waals surface area (Å²) in [6.07, 6.45) is -11.9. The predicted octanol–water partition coefficient (Wildman–Crippen LogP) is 3.87. The lowest BCUT2D eigenvalue weighted by Crippen LogP contribution is -2.64. The van der Waals surface area contributed by atoms with E-state index in [4.69, 9.17) is 0 Å². The molecule has 0 aromatic rings. The van der Waals surface area contributed by atoms with Crippen LogP contribution in [0.1, 0.15) is 12.8 Å². The molecule has 0 unspecified atom stereocenters. The summed E-state index contributed by atoms with van der Waals surface area (Å²) in [4.78, 5) is 0. The third-order valence-electron chi connectivity index (χ3n) is 2.67. The van der Waals surface area contributed by atoms with Gasteiger partial charge in [0.2, 0.25) is 5.60 Å². The summed E-state index contributed by atoms with van der Waals surface area (Å²) in [5.74, 6) is 0. The van der Waals surface area contributed by atoms with Crippen molar-refractivity contribution < 1.29 is 30.8 Å². The van der Waals surface area contributed by atoms with Crippen molar-refractivity contribution in [3.63, 3.8) is 0 Å². The van der Waals surface area contributed by atoms with Gasteiger partial charge >= 0.3 is 12.4 Å². The molecule has 0 aliphatic carbocycles. The largest absolute Gasteiger partial charge is 0.425 e. The highest BCUT2D eigenvalue weighted by Gasteiger charge is 2.73. The molecule has 1 nitrogen and oxygen atoms in total. The molecule has 1 rings (SSSR count). The molecule has 0 saturated carbocycles. The Morgan fingerprint density at radius 2 is 1.44 bits per heavy atom. The molecule has 96 valence electrons. The van der Waals surface area contributed by atoms with Gasteiger partial charge < -0.3 is 4.43 Å². The average Bonchev–Trinajstić information content (AvgIpc) is 1.97. The fourth-order valence-electron chi connectivity index (χ4n) is 1.90. The van der Waals surface area contributed by atoms with Crippen LogP contribution < -0.4 is 0 Å². The summed E-state index contributed by atoms with van der Waals surface area (Å²) in [6.45, 7) is 2.75. The zero-order valence-corrected chi connectivity index (χ0v) is 9.80. The van der Waals surface area contributed by atoms with Crippen molar-refractivity contribution in [3.05, 3.63) is 0 Å². The van der Waals surface area contributed by atoms with Crippen molar-refractivity contribution in [1.29, 1.82) is 0 Å². The van der Waals surface area contributed by atoms with E-state index in [0.29, 0.717) is 6.04 Å². The molecule has 16 heavy (non-hydrogen) atoms. The molecule has 0 radical (unpaired) electrons. The molecule has 1 aliphatic heterocycles. The van der Waals surface area contributed by atoms with Crippen molar-refractivity contribution in [2.24, 2.45) is 0 Å². The fourth-order valence-corrected chi connectivity index (χ4v) is 4.30. The van der Waals surface area contributed by atoms with Crippen LogP contribution in [0.25, 0.3) is 0 Å². The summed E-state index contributed by atoms with van der Waals surface area (Å²) in [7, 11) is -2.89. The number of rotatable bonds is 0. The van der Waals surface area contributed by atoms with E-state index in [1.165, 1.54) is 13.1 Å². The molecule has 1 heterocycles. The Kier molecular flexibility index (Phi) is 3.13. The van der Waals surface area contributed by atoms with Gasteiger partial charge in [0, 0.05) is 0 Å².